The lowest BCUT2D eigenvalue weighted by molar-refractivity contribution is -0.122. The molecule has 1 aliphatic rings. The summed E-state index contributed by atoms with van der Waals surface area (Å²) in [5.41, 5.74) is 3.82. The van der Waals surface area contributed by atoms with E-state index in [1.807, 2.05) is 39.0 Å². The van der Waals surface area contributed by atoms with E-state index in [2.05, 4.69) is 5.32 Å². The molecule has 0 saturated carbocycles. The number of nitrogens with zero attached hydrogens (tertiary/aromatic N) is 1. The van der Waals surface area contributed by atoms with Crippen molar-refractivity contribution in [3.63, 3.8) is 0 Å². The van der Waals surface area contributed by atoms with Crippen LogP contribution in [0.25, 0.3) is 17.4 Å². The SMILES string of the molecule is Cc1ccc(C)c(N2C(=O)/C(=C/c3ccc(-c4cc(C(=O)O)ccc4C)o3)C(=O)NC2=S)c1. The van der Waals surface area contributed by atoms with Crippen LogP contribution in [0.4, 0.5) is 5.69 Å². The van der Waals surface area contributed by atoms with Gasteiger partial charge in [-0.3, -0.25) is 19.8 Å². The van der Waals surface area contributed by atoms with Gasteiger partial charge in [0, 0.05) is 5.56 Å². The second-order valence-electron chi connectivity index (χ2n) is 7.78. The lowest BCUT2D eigenvalue weighted by Gasteiger charge is -2.30. The third-order valence-electron chi connectivity index (χ3n) is 5.37. The van der Waals surface area contributed by atoms with Crippen LogP contribution in [0.3, 0.4) is 0 Å². The van der Waals surface area contributed by atoms with Crippen LogP contribution in [0.1, 0.15) is 32.8 Å². The molecule has 8 heteroatoms. The van der Waals surface area contributed by atoms with Crippen molar-refractivity contribution in [2.75, 3.05) is 4.90 Å². The van der Waals surface area contributed by atoms with Crippen molar-refractivity contribution >= 4 is 46.9 Å². The van der Waals surface area contributed by atoms with Gasteiger partial charge in [0.15, 0.2) is 5.11 Å². The number of carboxylic acid groups (broad SMARTS) is 1. The molecule has 0 unspecified atom stereocenters. The minimum absolute atomic E-state index is 0.0112. The molecule has 1 fully saturated rings. The van der Waals surface area contributed by atoms with Gasteiger partial charge in [0.1, 0.15) is 17.1 Å². The fourth-order valence-electron chi connectivity index (χ4n) is 3.57. The third kappa shape index (κ3) is 4.20. The number of hydrogen-bond acceptors (Lipinski definition) is 5. The van der Waals surface area contributed by atoms with Gasteiger partial charge in [-0.1, -0.05) is 18.2 Å². The van der Waals surface area contributed by atoms with E-state index in [1.54, 1.807) is 18.2 Å². The maximum absolute atomic E-state index is 13.3. The first-order valence-electron chi connectivity index (χ1n) is 10.1. The molecule has 0 bridgehead atoms. The highest BCUT2D eigenvalue weighted by atomic mass is 32.1. The molecular formula is C25H20N2O5S. The van der Waals surface area contributed by atoms with Gasteiger partial charge in [-0.2, -0.15) is 0 Å². The maximum Gasteiger partial charge on any atom is 0.335 e. The molecular weight excluding hydrogens is 440 g/mol. The van der Waals surface area contributed by atoms with E-state index in [-0.39, 0.29) is 22.0 Å². The molecule has 7 nitrogen and oxygen atoms in total. The van der Waals surface area contributed by atoms with Gasteiger partial charge in [0.2, 0.25) is 0 Å². The Kier molecular flexibility index (Phi) is 5.69. The van der Waals surface area contributed by atoms with Gasteiger partial charge >= 0.3 is 5.97 Å². The quantitative estimate of drug-likeness (QED) is 0.340. The summed E-state index contributed by atoms with van der Waals surface area (Å²) in [5.74, 6) is -1.52. The van der Waals surface area contributed by atoms with Crippen LogP contribution in [0.15, 0.2) is 58.5 Å². The smallest absolute Gasteiger partial charge is 0.335 e. The lowest BCUT2D eigenvalue weighted by Crippen LogP contribution is -2.54. The van der Waals surface area contributed by atoms with Crippen molar-refractivity contribution in [1.29, 1.82) is 0 Å². The van der Waals surface area contributed by atoms with Gasteiger partial charge < -0.3 is 9.52 Å². The van der Waals surface area contributed by atoms with E-state index in [9.17, 15) is 19.5 Å². The summed E-state index contributed by atoms with van der Waals surface area (Å²) in [6, 6.07) is 13.7. The highest BCUT2D eigenvalue weighted by Crippen LogP contribution is 2.29. The summed E-state index contributed by atoms with van der Waals surface area (Å²) in [7, 11) is 0. The Bertz CT molecular complexity index is 1370. The number of hydrogen-bond donors (Lipinski definition) is 2. The zero-order chi connectivity index (χ0) is 23.9. The Morgan fingerprint density at radius 3 is 2.48 bits per heavy atom. The molecule has 2 amide bonds. The zero-order valence-electron chi connectivity index (χ0n) is 18.1. The first kappa shape index (κ1) is 22.2. The standard InChI is InChI=1S/C25H20N2O5S/c1-13-4-5-15(3)20(10-13)27-23(29)19(22(28)26-25(27)33)12-17-8-9-21(32-17)18-11-16(24(30)31)7-6-14(18)2/h4-12H,1-3H3,(H,30,31)(H,26,28,33)/b19-12+. The highest BCUT2D eigenvalue weighted by Gasteiger charge is 2.35. The van der Waals surface area contributed by atoms with E-state index in [1.165, 1.54) is 23.1 Å². The second kappa shape index (κ2) is 8.48. The molecule has 2 heterocycles. The molecule has 2 aromatic carbocycles. The Labute approximate surface area is 195 Å². The van der Waals surface area contributed by atoms with E-state index in [0.717, 1.165) is 16.7 Å². The van der Waals surface area contributed by atoms with E-state index in [0.29, 0.717) is 17.0 Å². The van der Waals surface area contributed by atoms with E-state index < -0.39 is 17.8 Å². The number of amides is 2. The molecule has 2 N–H and O–H groups in total. The minimum Gasteiger partial charge on any atom is -0.478 e. The fraction of sp³-hybridized carbons (Fsp3) is 0.120. The average Bonchev–Trinajstić information content (AvgIpc) is 3.22. The number of thiocarbonyl (C=S) groups is 1. The van der Waals surface area contributed by atoms with Crippen LogP contribution in [0.2, 0.25) is 0 Å². The van der Waals surface area contributed by atoms with Gasteiger partial charge in [0.25, 0.3) is 11.8 Å². The third-order valence-corrected chi connectivity index (χ3v) is 5.66. The van der Waals surface area contributed by atoms with E-state index in [4.69, 9.17) is 16.6 Å². The number of carboxylic acids is 1. The van der Waals surface area contributed by atoms with Gasteiger partial charge in [-0.05, 0) is 86.1 Å². The molecule has 1 aromatic heterocycles. The van der Waals surface area contributed by atoms with Gasteiger partial charge in [-0.15, -0.1) is 0 Å². The molecule has 1 aliphatic heterocycles. The summed E-state index contributed by atoms with van der Waals surface area (Å²) in [6.45, 7) is 5.60. The van der Waals surface area contributed by atoms with Crippen molar-refractivity contribution in [2.45, 2.75) is 20.8 Å². The van der Waals surface area contributed by atoms with Crippen LogP contribution in [-0.2, 0) is 9.59 Å². The van der Waals surface area contributed by atoms with Crippen LogP contribution < -0.4 is 10.2 Å². The Morgan fingerprint density at radius 1 is 1.03 bits per heavy atom. The number of carbonyl (C=O) groups is 3. The lowest BCUT2D eigenvalue weighted by atomic mass is 10.0. The van der Waals surface area contributed by atoms with Crippen molar-refractivity contribution in [3.8, 4) is 11.3 Å². The largest absolute Gasteiger partial charge is 0.478 e. The summed E-state index contributed by atoms with van der Waals surface area (Å²) in [5, 5.41) is 11.8. The predicted molar refractivity (Wildman–Crippen MR) is 128 cm³/mol. The Morgan fingerprint density at radius 2 is 1.76 bits per heavy atom. The molecule has 1 saturated heterocycles. The van der Waals surface area contributed by atoms with Gasteiger partial charge in [0.05, 0.1) is 11.3 Å². The number of aromatic carboxylic acids is 1. The van der Waals surface area contributed by atoms with Crippen LogP contribution in [0, 0.1) is 20.8 Å². The van der Waals surface area contributed by atoms with Crippen molar-refractivity contribution in [2.24, 2.45) is 0 Å². The minimum atomic E-state index is -1.04. The first-order valence-corrected chi connectivity index (χ1v) is 10.5. The number of furan rings is 1. The second-order valence-corrected chi connectivity index (χ2v) is 8.17. The summed E-state index contributed by atoms with van der Waals surface area (Å²) < 4.78 is 5.84. The molecule has 33 heavy (non-hydrogen) atoms. The summed E-state index contributed by atoms with van der Waals surface area (Å²) in [6.07, 6.45) is 1.36. The predicted octanol–water partition coefficient (Wildman–Crippen LogP) is 4.40. The normalized spacial score (nSPS) is 15.2. The Hall–Kier alpha value is -4.04. The molecule has 0 spiro atoms. The number of anilines is 1. The van der Waals surface area contributed by atoms with Crippen molar-refractivity contribution in [1.82, 2.24) is 5.32 Å². The van der Waals surface area contributed by atoms with Crippen LogP contribution in [0.5, 0.6) is 0 Å². The number of nitrogens with one attached hydrogen (secondary N) is 1. The van der Waals surface area contributed by atoms with Crippen molar-refractivity contribution < 1.29 is 23.9 Å². The Balaban J connectivity index is 1.72. The summed E-state index contributed by atoms with van der Waals surface area (Å²) >= 11 is 5.27. The zero-order valence-corrected chi connectivity index (χ0v) is 18.9. The van der Waals surface area contributed by atoms with Crippen LogP contribution in [-0.4, -0.2) is 28.0 Å². The monoisotopic (exact) mass is 460 g/mol. The maximum atomic E-state index is 13.3. The summed E-state index contributed by atoms with van der Waals surface area (Å²) in [4.78, 5) is 38.5. The topological polar surface area (TPSA) is 99.8 Å². The fourth-order valence-corrected chi connectivity index (χ4v) is 3.85. The molecule has 4 rings (SSSR count). The molecule has 166 valence electrons. The number of carbonyl (C=O) groups excluding carboxylic acids is 2. The molecule has 0 aliphatic carbocycles. The highest BCUT2D eigenvalue weighted by molar-refractivity contribution is 7.80. The number of benzene rings is 2. The molecule has 0 atom stereocenters. The van der Waals surface area contributed by atoms with E-state index >= 15 is 0 Å². The first-order chi connectivity index (χ1) is 15.7. The molecule has 3 aromatic rings. The van der Waals surface area contributed by atoms with Crippen molar-refractivity contribution in [3.05, 3.63) is 82.1 Å². The molecule has 0 radical (unpaired) electrons. The van der Waals surface area contributed by atoms with Crippen LogP contribution >= 0.6 is 12.2 Å². The van der Waals surface area contributed by atoms with Gasteiger partial charge in [-0.25, -0.2) is 4.79 Å². The number of aryl methyl sites for hydroxylation is 3. The number of rotatable bonds is 4. The average molecular weight is 461 g/mol.